The number of aromatic nitrogens is 2. The fourth-order valence-electron chi connectivity index (χ4n) is 1.89. The van der Waals surface area contributed by atoms with Crippen molar-refractivity contribution in [3.05, 3.63) is 28.5 Å². The first-order chi connectivity index (χ1) is 8.39. The lowest BCUT2D eigenvalue weighted by Gasteiger charge is -2.23. The second-order valence-electron chi connectivity index (χ2n) is 4.50. The molecule has 0 fully saturated rings. The van der Waals surface area contributed by atoms with Gasteiger partial charge in [0.1, 0.15) is 11.6 Å². The number of nitrogens with two attached hydrogens (primary N) is 1. The second-order valence-corrected chi connectivity index (χ2v) is 4.89. The van der Waals surface area contributed by atoms with Crippen LogP contribution < -0.4 is 5.73 Å². The molecule has 0 saturated carbocycles. The number of rotatable bonds is 2. The number of carbonyl (C=O) groups is 1. The first-order valence-electron chi connectivity index (χ1n) is 5.34. The van der Waals surface area contributed by atoms with Crippen molar-refractivity contribution < 1.29 is 4.79 Å². The van der Waals surface area contributed by atoms with Crippen LogP contribution in [0.5, 0.6) is 0 Å². The Morgan fingerprint density at radius 1 is 1.56 bits per heavy atom. The van der Waals surface area contributed by atoms with Gasteiger partial charge in [0.15, 0.2) is 4.77 Å². The van der Waals surface area contributed by atoms with Crippen molar-refractivity contribution in [2.45, 2.75) is 19.4 Å². The molecule has 0 aliphatic rings. The number of hydrogen-bond donors (Lipinski definition) is 2. The largest absolute Gasteiger partial charge is 0.368 e. The zero-order valence-electron chi connectivity index (χ0n) is 10.0. The summed E-state index contributed by atoms with van der Waals surface area (Å²) in [6.07, 6.45) is 0. The molecule has 1 heterocycles. The Hall–Kier alpha value is -2.13. The van der Waals surface area contributed by atoms with Crippen LogP contribution in [0.1, 0.15) is 19.4 Å². The van der Waals surface area contributed by atoms with Gasteiger partial charge in [-0.05, 0) is 38.2 Å². The van der Waals surface area contributed by atoms with E-state index in [0.717, 1.165) is 0 Å². The number of imidazole rings is 1. The predicted octanol–water partition coefficient (Wildman–Crippen LogP) is 1.79. The number of benzene rings is 1. The molecule has 92 valence electrons. The number of hydrogen-bond acceptors (Lipinski definition) is 3. The number of amides is 1. The van der Waals surface area contributed by atoms with Crippen molar-refractivity contribution in [2.24, 2.45) is 5.73 Å². The van der Waals surface area contributed by atoms with Crippen LogP contribution in [0.15, 0.2) is 18.2 Å². The summed E-state index contributed by atoms with van der Waals surface area (Å²) in [5.41, 5.74) is 6.26. The highest BCUT2D eigenvalue weighted by molar-refractivity contribution is 7.71. The third-order valence-electron chi connectivity index (χ3n) is 3.00. The highest BCUT2D eigenvalue weighted by Gasteiger charge is 2.30. The minimum Gasteiger partial charge on any atom is -0.368 e. The van der Waals surface area contributed by atoms with Gasteiger partial charge in [-0.1, -0.05) is 6.07 Å². The molecule has 0 unspecified atom stereocenters. The Labute approximate surface area is 109 Å². The molecule has 0 aliphatic heterocycles. The van der Waals surface area contributed by atoms with Crippen LogP contribution >= 0.6 is 12.2 Å². The van der Waals surface area contributed by atoms with Crippen LogP contribution in [0, 0.1) is 16.1 Å². The van der Waals surface area contributed by atoms with Gasteiger partial charge in [-0.25, -0.2) is 0 Å². The van der Waals surface area contributed by atoms with Crippen LogP contribution in [-0.2, 0) is 10.3 Å². The van der Waals surface area contributed by atoms with E-state index >= 15 is 0 Å². The third kappa shape index (κ3) is 1.60. The van der Waals surface area contributed by atoms with E-state index in [1.165, 1.54) is 0 Å². The van der Waals surface area contributed by atoms with Crippen LogP contribution in [0.4, 0.5) is 0 Å². The van der Waals surface area contributed by atoms with E-state index < -0.39 is 11.4 Å². The smallest absolute Gasteiger partial charge is 0.243 e. The van der Waals surface area contributed by atoms with Crippen molar-refractivity contribution in [3.8, 4) is 6.07 Å². The predicted molar refractivity (Wildman–Crippen MR) is 70.4 cm³/mol. The highest BCUT2D eigenvalue weighted by Crippen LogP contribution is 2.25. The minimum atomic E-state index is -0.955. The molecule has 1 amide bonds. The van der Waals surface area contributed by atoms with E-state index in [1.807, 2.05) is 0 Å². The van der Waals surface area contributed by atoms with Crippen LogP contribution in [0.2, 0.25) is 0 Å². The fraction of sp³-hybridized carbons (Fsp3) is 0.250. The van der Waals surface area contributed by atoms with Gasteiger partial charge in [-0.2, -0.15) is 5.26 Å². The lowest BCUT2D eigenvalue weighted by Crippen LogP contribution is -2.41. The van der Waals surface area contributed by atoms with Gasteiger partial charge in [-0.3, -0.25) is 4.79 Å². The maximum Gasteiger partial charge on any atom is 0.243 e. The molecule has 18 heavy (non-hydrogen) atoms. The van der Waals surface area contributed by atoms with Crippen molar-refractivity contribution in [2.75, 3.05) is 0 Å². The molecule has 2 aromatic rings. The van der Waals surface area contributed by atoms with Crippen LogP contribution in [0.25, 0.3) is 11.0 Å². The summed E-state index contributed by atoms with van der Waals surface area (Å²) in [6.45, 7) is 3.38. The lowest BCUT2D eigenvalue weighted by molar-refractivity contribution is -0.124. The topological polar surface area (TPSA) is 87.6 Å². The molecule has 1 aromatic carbocycles. The van der Waals surface area contributed by atoms with E-state index in [1.54, 1.807) is 36.6 Å². The highest BCUT2D eigenvalue weighted by atomic mass is 32.1. The van der Waals surface area contributed by atoms with Crippen molar-refractivity contribution >= 4 is 29.2 Å². The standard InChI is InChI=1S/C12H12N4OS/c1-12(2,10(14)17)16-8-5-3-4-7(6-13)9(8)15-11(16)18/h3-5H,1-2H3,(H2,14,17)(H,15,18). The van der Waals surface area contributed by atoms with Crippen molar-refractivity contribution in [1.29, 1.82) is 5.26 Å². The molecule has 5 nitrogen and oxygen atoms in total. The Morgan fingerprint density at radius 3 is 2.78 bits per heavy atom. The Kier molecular flexibility index (Phi) is 2.71. The van der Waals surface area contributed by atoms with Gasteiger partial charge >= 0.3 is 0 Å². The minimum absolute atomic E-state index is 0.372. The molecule has 0 saturated heterocycles. The fourth-order valence-corrected chi connectivity index (χ4v) is 2.32. The lowest BCUT2D eigenvalue weighted by atomic mass is 10.0. The molecule has 2 rings (SSSR count). The van der Waals surface area contributed by atoms with Gasteiger partial charge in [0, 0.05) is 0 Å². The summed E-state index contributed by atoms with van der Waals surface area (Å²) < 4.78 is 2.01. The van der Waals surface area contributed by atoms with Gasteiger partial charge in [0.2, 0.25) is 5.91 Å². The SMILES string of the molecule is CC(C)(C(N)=O)n1c(=S)[nH]c2c(C#N)cccc21. The summed E-state index contributed by atoms with van der Waals surface area (Å²) in [6, 6.07) is 7.32. The zero-order valence-corrected chi connectivity index (χ0v) is 10.8. The zero-order chi connectivity index (χ0) is 13.5. The molecule has 6 heteroatoms. The third-order valence-corrected chi connectivity index (χ3v) is 3.29. The van der Waals surface area contributed by atoms with Gasteiger partial charge in [0.25, 0.3) is 0 Å². The Balaban J connectivity index is 2.91. The second kappa shape index (κ2) is 3.96. The summed E-state index contributed by atoms with van der Waals surface area (Å²) in [7, 11) is 0. The maximum atomic E-state index is 11.5. The summed E-state index contributed by atoms with van der Waals surface area (Å²) >= 11 is 5.22. The summed E-state index contributed by atoms with van der Waals surface area (Å²) in [5.74, 6) is -0.484. The van der Waals surface area contributed by atoms with E-state index in [4.69, 9.17) is 23.2 Å². The monoisotopic (exact) mass is 260 g/mol. The first kappa shape index (κ1) is 12.3. The molecule has 3 N–H and O–H groups in total. The molecule has 0 spiro atoms. The van der Waals surface area contributed by atoms with Gasteiger partial charge in [-0.15, -0.1) is 0 Å². The molecule has 0 atom stereocenters. The number of H-pyrrole nitrogens is 1. The molecular formula is C12H12N4OS. The normalized spacial score (nSPS) is 11.4. The van der Waals surface area contributed by atoms with Gasteiger partial charge in [0.05, 0.1) is 16.6 Å². The first-order valence-corrected chi connectivity index (χ1v) is 5.74. The van der Waals surface area contributed by atoms with E-state index in [0.29, 0.717) is 21.4 Å². The average molecular weight is 260 g/mol. The summed E-state index contributed by atoms with van der Waals surface area (Å²) in [5, 5.41) is 9.04. The van der Waals surface area contributed by atoms with Crippen molar-refractivity contribution in [1.82, 2.24) is 9.55 Å². The number of nitrogens with zero attached hydrogens (tertiary/aromatic N) is 2. The number of aromatic amines is 1. The number of carbonyl (C=O) groups excluding carboxylic acids is 1. The number of fused-ring (bicyclic) bond motifs is 1. The molecule has 0 bridgehead atoms. The number of para-hydroxylation sites is 1. The van der Waals surface area contributed by atoms with Gasteiger partial charge < -0.3 is 15.3 Å². The van der Waals surface area contributed by atoms with E-state index in [9.17, 15) is 4.79 Å². The molecule has 0 aliphatic carbocycles. The number of nitriles is 1. The number of primary amides is 1. The van der Waals surface area contributed by atoms with Crippen molar-refractivity contribution in [3.63, 3.8) is 0 Å². The Bertz CT molecular complexity index is 733. The Morgan fingerprint density at radius 2 is 2.22 bits per heavy atom. The number of nitrogens with one attached hydrogen (secondary N) is 1. The molecular weight excluding hydrogens is 248 g/mol. The van der Waals surface area contributed by atoms with Crippen LogP contribution in [-0.4, -0.2) is 15.5 Å². The quantitative estimate of drug-likeness (QED) is 0.807. The summed E-state index contributed by atoms with van der Waals surface area (Å²) in [4.78, 5) is 14.5. The van der Waals surface area contributed by atoms with E-state index in [2.05, 4.69) is 11.1 Å². The van der Waals surface area contributed by atoms with E-state index in [-0.39, 0.29) is 0 Å². The maximum absolute atomic E-state index is 11.5. The molecule has 1 aromatic heterocycles. The molecule has 0 radical (unpaired) electrons. The van der Waals surface area contributed by atoms with Crippen LogP contribution in [0.3, 0.4) is 0 Å². The average Bonchev–Trinajstić information content (AvgIpc) is 2.64.